The van der Waals surface area contributed by atoms with Gasteiger partial charge in [-0.25, -0.2) is 0 Å². The molecule has 4 aromatic rings. The molecule has 4 aliphatic rings. The molecule has 0 spiro atoms. The van der Waals surface area contributed by atoms with Crippen molar-refractivity contribution in [1.82, 2.24) is 19.6 Å². The highest BCUT2D eigenvalue weighted by atomic mass is 16.5. The molecule has 0 radical (unpaired) electrons. The number of hydrogen-bond acceptors (Lipinski definition) is 4. The molecule has 1 aromatic carbocycles. The summed E-state index contributed by atoms with van der Waals surface area (Å²) in [5.74, 6) is 4.75. The molecule has 3 aromatic heterocycles. The summed E-state index contributed by atoms with van der Waals surface area (Å²) in [4.78, 5) is 4.22. The Kier molecular flexibility index (Phi) is 3.72. The molecule has 3 heterocycles. The summed E-state index contributed by atoms with van der Waals surface area (Å²) in [7, 11) is 0. The zero-order valence-corrected chi connectivity index (χ0v) is 17.6. The summed E-state index contributed by atoms with van der Waals surface area (Å²) in [5.41, 5.74) is 2.25. The lowest BCUT2D eigenvalue weighted by Gasteiger charge is -2.55. The molecule has 5 heteroatoms. The van der Waals surface area contributed by atoms with Gasteiger partial charge in [0.25, 0.3) is 0 Å². The molecule has 31 heavy (non-hydrogen) atoms. The smallest absolute Gasteiger partial charge is 0.167 e. The summed E-state index contributed by atoms with van der Waals surface area (Å²) in [6, 6.07) is 12.3. The molecule has 156 valence electrons. The number of aromatic nitrogens is 4. The van der Waals surface area contributed by atoms with E-state index in [-0.39, 0.29) is 5.41 Å². The van der Waals surface area contributed by atoms with E-state index in [1.165, 1.54) is 44.3 Å². The third-order valence-corrected chi connectivity index (χ3v) is 8.05. The van der Waals surface area contributed by atoms with Crippen LogP contribution in [0.5, 0.6) is 5.75 Å². The van der Waals surface area contributed by atoms with E-state index < -0.39 is 0 Å². The van der Waals surface area contributed by atoms with Crippen LogP contribution in [0.25, 0.3) is 16.4 Å². The topological polar surface area (TPSA) is 52.3 Å². The second-order valence-corrected chi connectivity index (χ2v) is 10.1. The van der Waals surface area contributed by atoms with E-state index >= 15 is 0 Å². The molecule has 0 unspecified atom stereocenters. The Balaban J connectivity index is 1.23. The molecule has 8 rings (SSSR count). The van der Waals surface area contributed by atoms with E-state index in [9.17, 15) is 0 Å². The van der Waals surface area contributed by atoms with E-state index in [4.69, 9.17) is 9.84 Å². The summed E-state index contributed by atoms with van der Waals surface area (Å²) >= 11 is 0. The monoisotopic (exact) mass is 410 g/mol. The standard InChI is InChI=1S/C26H26N4O/c1-3-20-15-27-7-6-22(20)23(5-1)31-16-21-4-2-8-30-24(21)28-29-25(30)26-12-17-9-18(13-26)11-19(10-17)14-26/h1-8,15,17-19H,9-14,16H2. The van der Waals surface area contributed by atoms with Crippen molar-refractivity contribution in [2.75, 3.05) is 0 Å². The predicted molar refractivity (Wildman–Crippen MR) is 119 cm³/mol. The first-order chi connectivity index (χ1) is 15.3. The molecular formula is C26H26N4O. The number of hydrogen-bond donors (Lipinski definition) is 0. The third kappa shape index (κ3) is 2.72. The van der Waals surface area contributed by atoms with Gasteiger partial charge in [-0.3, -0.25) is 9.38 Å². The maximum absolute atomic E-state index is 6.26. The lowest BCUT2D eigenvalue weighted by Crippen LogP contribution is -2.49. The van der Waals surface area contributed by atoms with Gasteiger partial charge in [0.05, 0.1) is 0 Å². The second-order valence-electron chi connectivity index (χ2n) is 10.1. The molecule has 4 fully saturated rings. The number of rotatable bonds is 4. The zero-order valence-electron chi connectivity index (χ0n) is 17.6. The van der Waals surface area contributed by atoms with Gasteiger partial charge in [0, 0.05) is 40.3 Å². The van der Waals surface area contributed by atoms with Crippen LogP contribution < -0.4 is 4.74 Å². The Hall–Kier alpha value is -2.95. The minimum atomic E-state index is 0.232. The average Bonchev–Trinajstić information content (AvgIpc) is 3.22. The van der Waals surface area contributed by atoms with Crippen molar-refractivity contribution in [3.05, 3.63) is 66.4 Å². The van der Waals surface area contributed by atoms with Crippen LogP contribution in [-0.4, -0.2) is 19.6 Å². The Morgan fingerprint density at radius 3 is 2.55 bits per heavy atom. The van der Waals surface area contributed by atoms with Gasteiger partial charge < -0.3 is 4.74 Å². The first-order valence-electron chi connectivity index (χ1n) is 11.6. The van der Waals surface area contributed by atoms with Gasteiger partial charge in [0.2, 0.25) is 0 Å². The van der Waals surface area contributed by atoms with Crippen molar-refractivity contribution >= 4 is 16.4 Å². The van der Waals surface area contributed by atoms with Crippen LogP contribution in [0, 0.1) is 17.8 Å². The van der Waals surface area contributed by atoms with Gasteiger partial charge in [-0.15, -0.1) is 10.2 Å². The van der Waals surface area contributed by atoms with E-state index in [2.05, 4.69) is 38.9 Å². The molecule has 4 saturated carbocycles. The molecule has 0 atom stereocenters. The van der Waals surface area contributed by atoms with Crippen LogP contribution in [0.2, 0.25) is 0 Å². The van der Waals surface area contributed by atoms with Crippen LogP contribution in [0.4, 0.5) is 0 Å². The summed E-state index contributed by atoms with van der Waals surface area (Å²) < 4.78 is 8.53. The van der Waals surface area contributed by atoms with Crippen molar-refractivity contribution < 1.29 is 4.74 Å². The fourth-order valence-corrected chi connectivity index (χ4v) is 7.20. The maximum atomic E-state index is 6.26. The highest BCUT2D eigenvalue weighted by Gasteiger charge is 2.53. The van der Waals surface area contributed by atoms with Crippen molar-refractivity contribution in [3.63, 3.8) is 0 Å². The van der Waals surface area contributed by atoms with Crippen LogP contribution in [0.15, 0.2) is 55.0 Å². The molecular weight excluding hydrogens is 384 g/mol. The van der Waals surface area contributed by atoms with E-state index in [0.717, 1.165) is 45.5 Å². The van der Waals surface area contributed by atoms with Crippen molar-refractivity contribution in [2.45, 2.75) is 50.5 Å². The quantitative estimate of drug-likeness (QED) is 0.457. The Morgan fingerprint density at radius 1 is 0.935 bits per heavy atom. The normalized spacial score (nSPS) is 29.1. The van der Waals surface area contributed by atoms with Gasteiger partial charge >= 0.3 is 0 Å². The first-order valence-corrected chi connectivity index (χ1v) is 11.6. The summed E-state index contributed by atoms with van der Waals surface area (Å²) in [5, 5.41) is 11.6. The number of ether oxygens (including phenoxy) is 1. The van der Waals surface area contributed by atoms with Gasteiger partial charge in [0.1, 0.15) is 18.2 Å². The van der Waals surface area contributed by atoms with Crippen LogP contribution >= 0.6 is 0 Å². The van der Waals surface area contributed by atoms with Gasteiger partial charge in [-0.1, -0.05) is 18.2 Å². The molecule has 0 aliphatic heterocycles. The number of nitrogens with zero attached hydrogens (tertiary/aromatic N) is 4. The minimum absolute atomic E-state index is 0.232. The Labute approximate surface area is 181 Å². The number of fused-ring (bicyclic) bond motifs is 2. The van der Waals surface area contributed by atoms with Crippen molar-refractivity contribution in [3.8, 4) is 5.75 Å². The number of benzene rings is 1. The lowest BCUT2D eigenvalue weighted by molar-refractivity contribution is -0.00984. The van der Waals surface area contributed by atoms with E-state index in [0.29, 0.717) is 6.61 Å². The molecule has 0 N–H and O–H groups in total. The fourth-order valence-electron chi connectivity index (χ4n) is 7.20. The number of pyridine rings is 2. The van der Waals surface area contributed by atoms with Crippen LogP contribution in [0.3, 0.4) is 0 Å². The highest BCUT2D eigenvalue weighted by molar-refractivity contribution is 5.87. The second kappa shape index (κ2) is 6.52. The average molecular weight is 411 g/mol. The first kappa shape index (κ1) is 17.7. The van der Waals surface area contributed by atoms with Crippen molar-refractivity contribution in [2.24, 2.45) is 17.8 Å². The predicted octanol–water partition coefficient (Wildman–Crippen LogP) is 5.32. The van der Waals surface area contributed by atoms with Gasteiger partial charge in [0.15, 0.2) is 5.65 Å². The highest BCUT2D eigenvalue weighted by Crippen LogP contribution is 2.60. The van der Waals surface area contributed by atoms with Gasteiger partial charge in [-0.05, 0) is 74.5 Å². The minimum Gasteiger partial charge on any atom is -0.488 e. The lowest BCUT2D eigenvalue weighted by atomic mass is 9.49. The molecule has 5 nitrogen and oxygen atoms in total. The Morgan fingerprint density at radius 2 is 1.74 bits per heavy atom. The maximum Gasteiger partial charge on any atom is 0.167 e. The van der Waals surface area contributed by atoms with E-state index in [1.807, 2.05) is 30.6 Å². The third-order valence-electron chi connectivity index (χ3n) is 8.05. The molecule has 0 amide bonds. The molecule has 0 saturated heterocycles. The zero-order chi connectivity index (χ0) is 20.4. The van der Waals surface area contributed by atoms with E-state index in [1.54, 1.807) is 0 Å². The molecule has 4 bridgehead atoms. The SMILES string of the molecule is c1cc(OCc2cccn3c(C45CC6CC(CC(C6)C4)C5)nnc23)c2ccncc2c1. The van der Waals surface area contributed by atoms with Crippen molar-refractivity contribution in [1.29, 1.82) is 0 Å². The molecule has 4 aliphatic carbocycles. The van der Waals surface area contributed by atoms with Crippen LogP contribution in [-0.2, 0) is 12.0 Å². The largest absolute Gasteiger partial charge is 0.488 e. The van der Waals surface area contributed by atoms with Gasteiger partial charge in [-0.2, -0.15) is 0 Å². The van der Waals surface area contributed by atoms with Crippen LogP contribution in [0.1, 0.15) is 49.9 Å². The fraction of sp³-hybridized carbons (Fsp3) is 0.423. The summed E-state index contributed by atoms with van der Waals surface area (Å²) in [6.45, 7) is 0.477. The Bertz CT molecular complexity index is 1250. The summed E-state index contributed by atoms with van der Waals surface area (Å²) in [6.07, 6.45) is 14.0.